The van der Waals surface area contributed by atoms with Gasteiger partial charge in [0.1, 0.15) is 0 Å². The minimum Gasteiger partial charge on any atom is -0.478 e. The lowest BCUT2D eigenvalue weighted by Crippen LogP contribution is -2.24. The van der Waals surface area contributed by atoms with E-state index in [9.17, 15) is 14.7 Å². The Hall–Kier alpha value is -3.40. The second-order valence-electron chi connectivity index (χ2n) is 5.98. The van der Waals surface area contributed by atoms with Gasteiger partial charge in [-0.05, 0) is 28.0 Å². The van der Waals surface area contributed by atoms with Crippen molar-refractivity contribution in [3.63, 3.8) is 0 Å². The first kappa shape index (κ1) is 17.4. The highest BCUT2D eigenvalue weighted by Crippen LogP contribution is 2.18. The van der Waals surface area contributed by atoms with Gasteiger partial charge < -0.3 is 10.4 Å². The maximum Gasteiger partial charge on any atom is 0.332 e. The summed E-state index contributed by atoms with van der Waals surface area (Å²) in [5, 5.41) is 14.4. The summed E-state index contributed by atoms with van der Waals surface area (Å²) >= 11 is 0. The molecule has 0 heterocycles. The smallest absolute Gasteiger partial charge is 0.332 e. The molecule has 0 fully saturated rings. The van der Waals surface area contributed by atoms with Gasteiger partial charge in [-0.1, -0.05) is 72.8 Å². The van der Waals surface area contributed by atoms with Gasteiger partial charge in [0, 0.05) is 12.1 Å². The van der Waals surface area contributed by atoms with E-state index in [1.54, 1.807) is 12.1 Å². The summed E-state index contributed by atoms with van der Waals surface area (Å²) in [6.07, 6.45) is 1.36. The van der Waals surface area contributed by atoms with E-state index >= 15 is 0 Å². The first-order valence-electron chi connectivity index (χ1n) is 8.36. The summed E-state index contributed by atoms with van der Waals surface area (Å²) in [5.41, 5.74) is 1.82. The summed E-state index contributed by atoms with van der Waals surface area (Å²) < 4.78 is 0. The molecule has 3 rings (SSSR count). The Labute approximate surface area is 151 Å². The first-order valence-corrected chi connectivity index (χ1v) is 8.36. The van der Waals surface area contributed by atoms with Gasteiger partial charge in [-0.2, -0.15) is 0 Å². The van der Waals surface area contributed by atoms with Crippen LogP contribution in [0.3, 0.4) is 0 Å². The molecule has 0 unspecified atom stereocenters. The lowest BCUT2D eigenvalue weighted by atomic mass is 10.0. The molecule has 0 aliphatic carbocycles. The number of carboxylic acid groups (broad SMARTS) is 1. The number of nitrogens with one attached hydrogen (secondary N) is 1. The Bertz CT molecular complexity index is 956. The third kappa shape index (κ3) is 4.36. The maximum absolute atomic E-state index is 12.2. The molecule has 0 aliphatic rings. The predicted octanol–water partition coefficient (Wildman–Crippen LogP) is 4.01. The van der Waals surface area contributed by atoms with E-state index in [1.165, 1.54) is 6.08 Å². The Balaban J connectivity index is 1.69. The monoisotopic (exact) mass is 345 g/mol. The number of hydrogen-bond donors (Lipinski definition) is 2. The number of carbonyl (C=O) groups excluding carboxylic acids is 1. The molecule has 26 heavy (non-hydrogen) atoms. The molecule has 4 nitrogen and oxygen atoms in total. The Morgan fingerprint density at radius 3 is 2.35 bits per heavy atom. The van der Waals surface area contributed by atoms with Crippen molar-refractivity contribution in [2.45, 2.75) is 13.0 Å². The van der Waals surface area contributed by atoms with E-state index in [0.717, 1.165) is 21.9 Å². The van der Waals surface area contributed by atoms with Gasteiger partial charge >= 0.3 is 5.97 Å². The van der Waals surface area contributed by atoms with Crippen molar-refractivity contribution in [2.24, 2.45) is 0 Å². The van der Waals surface area contributed by atoms with Crippen LogP contribution in [-0.2, 0) is 16.1 Å². The van der Waals surface area contributed by atoms with E-state index in [4.69, 9.17) is 0 Å². The molecule has 0 aliphatic heterocycles. The number of amides is 1. The Morgan fingerprint density at radius 1 is 0.885 bits per heavy atom. The maximum atomic E-state index is 12.2. The van der Waals surface area contributed by atoms with Gasteiger partial charge in [0.25, 0.3) is 0 Å². The van der Waals surface area contributed by atoms with Crippen LogP contribution in [0.1, 0.15) is 17.5 Å². The highest BCUT2D eigenvalue weighted by molar-refractivity contribution is 5.98. The van der Waals surface area contributed by atoms with Crippen LogP contribution in [0.15, 0.2) is 78.4 Å². The van der Waals surface area contributed by atoms with Crippen molar-refractivity contribution < 1.29 is 14.7 Å². The van der Waals surface area contributed by atoms with Crippen LogP contribution >= 0.6 is 0 Å². The third-order valence-corrected chi connectivity index (χ3v) is 4.12. The van der Waals surface area contributed by atoms with Gasteiger partial charge in [-0.3, -0.25) is 4.79 Å². The molecule has 0 saturated carbocycles. The fraction of sp³-hybridized carbons (Fsp3) is 0.0909. The lowest BCUT2D eigenvalue weighted by Gasteiger charge is -2.09. The number of carboxylic acids is 1. The van der Waals surface area contributed by atoms with Crippen LogP contribution in [0.5, 0.6) is 0 Å². The van der Waals surface area contributed by atoms with Crippen LogP contribution in [-0.4, -0.2) is 17.0 Å². The van der Waals surface area contributed by atoms with Gasteiger partial charge in [0.15, 0.2) is 0 Å². The lowest BCUT2D eigenvalue weighted by molar-refractivity contribution is -0.134. The molecule has 3 aromatic carbocycles. The van der Waals surface area contributed by atoms with E-state index < -0.39 is 5.97 Å². The fourth-order valence-corrected chi connectivity index (χ4v) is 2.81. The summed E-state index contributed by atoms with van der Waals surface area (Å²) in [5.74, 6) is -1.41. The summed E-state index contributed by atoms with van der Waals surface area (Å²) in [4.78, 5) is 23.7. The average molecular weight is 345 g/mol. The van der Waals surface area contributed by atoms with Gasteiger partial charge in [-0.25, -0.2) is 4.79 Å². The molecule has 4 heteroatoms. The molecule has 0 radical (unpaired) electrons. The van der Waals surface area contributed by atoms with Gasteiger partial charge in [0.2, 0.25) is 5.91 Å². The summed E-state index contributed by atoms with van der Waals surface area (Å²) in [7, 11) is 0. The number of carbonyl (C=O) groups is 2. The summed E-state index contributed by atoms with van der Waals surface area (Å²) in [6.45, 7) is 0.360. The SMILES string of the molecule is O=C(CC(=Cc1ccccc1)C(=O)O)NCc1cccc2ccccc12. The van der Waals surface area contributed by atoms with Crippen LogP contribution in [0.25, 0.3) is 16.8 Å². The van der Waals surface area contributed by atoms with E-state index in [-0.39, 0.29) is 17.9 Å². The third-order valence-electron chi connectivity index (χ3n) is 4.12. The minimum atomic E-state index is -1.09. The molecule has 0 spiro atoms. The number of hydrogen-bond acceptors (Lipinski definition) is 2. The van der Waals surface area contributed by atoms with Crippen LogP contribution in [0.4, 0.5) is 0 Å². The van der Waals surface area contributed by atoms with Crippen molar-refractivity contribution in [1.82, 2.24) is 5.32 Å². The van der Waals surface area contributed by atoms with E-state index in [1.807, 2.05) is 60.7 Å². The number of benzene rings is 3. The van der Waals surface area contributed by atoms with Crippen LogP contribution in [0, 0.1) is 0 Å². The average Bonchev–Trinajstić information content (AvgIpc) is 2.66. The number of rotatable bonds is 6. The fourth-order valence-electron chi connectivity index (χ4n) is 2.81. The quantitative estimate of drug-likeness (QED) is 0.663. The van der Waals surface area contributed by atoms with E-state index in [2.05, 4.69) is 5.32 Å². The van der Waals surface area contributed by atoms with Crippen molar-refractivity contribution >= 4 is 28.7 Å². The molecule has 0 bridgehead atoms. The molecule has 0 atom stereocenters. The molecule has 2 N–H and O–H groups in total. The predicted molar refractivity (Wildman–Crippen MR) is 102 cm³/mol. The number of aliphatic carboxylic acids is 1. The zero-order valence-corrected chi connectivity index (χ0v) is 14.2. The molecule has 130 valence electrons. The highest BCUT2D eigenvalue weighted by Gasteiger charge is 2.13. The second kappa shape index (κ2) is 8.12. The molecule has 0 aromatic heterocycles. The summed E-state index contributed by atoms with van der Waals surface area (Å²) in [6, 6.07) is 23.0. The van der Waals surface area contributed by atoms with Crippen LogP contribution < -0.4 is 5.32 Å². The first-order chi connectivity index (χ1) is 12.6. The zero-order valence-electron chi connectivity index (χ0n) is 14.2. The van der Waals surface area contributed by atoms with Crippen molar-refractivity contribution in [3.05, 3.63) is 89.5 Å². The highest BCUT2D eigenvalue weighted by atomic mass is 16.4. The number of fused-ring (bicyclic) bond motifs is 1. The van der Waals surface area contributed by atoms with Gasteiger partial charge in [-0.15, -0.1) is 0 Å². The normalized spacial score (nSPS) is 11.3. The Kier molecular flexibility index (Phi) is 5.44. The van der Waals surface area contributed by atoms with Crippen molar-refractivity contribution in [2.75, 3.05) is 0 Å². The molecule has 0 saturated heterocycles. The molecular weight excluding hydrogens is 326 g/mol. The standard InChI is InChI=1S/C22H19NO3/c24-21(14-19(22(25)26)13-16-7-2-1-3-8-16)23-15-18-11-6-10-17-9-4-5-12-20(17)18/h1-13H,14-15H2,(H,23,24)(H,25,26). The zero-order chi connectivity index (χ0) is 18.4. The van der Waals surface area contributed by atoms with E-state index in [0.29, 0.717) is 6.54 Å². The Morgan fingerprint density at radius 2 is 1.58 bits per heavy atom. The topological polar surface area (TPSA) is 66.4 Å². The molecular formula is C22H19NO3. The largest absolute Gasteiger partial charge is 0.478 e. The molecule has 1 amide bonds. The van der Waals surface area contributed by atoms with Crippen LogP contribution in [0.2, 0.25) is 0 Å². The minimum absolute atomic E-state index is 0.0617. The van der Waals surface area contributed by atoms with Gasteiger partial charge in [0.05, 0.1) is 6.42 Å². The molecule has 3 aromatic rings. The van der Waals surface area contributed by atoms with Crippen molar-refractivity contribution in [3.8, 4) is 0 Å². The van der Waals surface area contributed by atoms with Crippen molar-refractivity contribution in [1.29, 1.82) is 0 Å². The second-order valence-corrected chi connectivity index (χ2v) is 5.98.